The molecule has 4 heteroatoms. The number of rotatable bonds is 6. The van der Waals surface area contributed by atoms with Gasteiger partial charge in [0.15, 0.2) is 0 Å². The van der Waals surface area contributed by atoms with E-state index in [1.54, 1.807) is 0 Å². The summed E-state index contributed by atoms with van der Waals surface area (Å²) in [5.41, 5.74) is 6.21. The van der Waals surface area contributed by atoms with E-state index in [1.165, 1.54) is 19.6 Å². The van der Waals surface area contributed by atoms with Crippen molar-refractivity contribution in [3.63, 3.8) is 0 Å². The standard InChI is InChI=1S/C42H31ClN2S/c43-42-38(44(32-18-5-1-6-19-32)33-20-7-2-8-21-33)28-17-29-39(42)45-36-26-13-15-30-40(36)46(34-22-9-3-10-23-34,35-24-11-4-12-25-35)41-31-16-14-27-37(41)45/h1-31H. The third kappa shape index (κ3) is 4.51. The Morgan fingerprint density at radius 3 is 1.26 bits per heavy atom. The summed E-state index contributed by atoms with van der Waals surface area (Å²) in [7, 11) is -1.84. The second-order valence-corrected chi connectivity index (χ2v) is 14.6. The minimum Gasteiger partial charge on any atom is -0.309 e. The molecule has 7 aromatic rings. The second-order valence-electron chi connectivity index (χ2n) is 11.1. The predicted octanol–water partition coefficient (Wildman–Crippen LogP) is 12.9. The van der Waals surface area contributed by atoms with Gasteiger partial charge in [-0.2, -0.15) is 0 Å². The Morgan fingerprint density at radius 2 is 0.783 bits per heavy atom. The highest BCUT2D eigenvalue weighted by molar-refractivity contribution is 8.34. The van der Waals surface area contributed by atoms with Crippen molar-refractivity contribution in [2.75, 3.05) is 9.80 Å². The molecule has 0 spiro atoms. The normalized spacial score (nSPS) is 13.7. The van der Waals surface area contributed by atoms with Crippen molar-refractivity contribution in [3.05, 3.63) is 193 Å². The molecule has 0 saturated carbocycles. The van der Waals surface area contributed by atoms with E-state index >= 15 is 0 Å². The summed E-state index contributed by atoms with van der Waals surface area (Å²) in [4.78, 5) is 9.78. The Hall–Kier alpha value is -5.22. The molecular weight excluding hydrogens is 600 g/mol. The van der Waals surface area contributed by atoms with Crippen LogP contribution in [0.4, 0.5) is 34.1 Å². The molecule has 0 saturated heterocycles. The van der Waals surface area contributed by atoms with Gasteiger partial charge in [0.2, 0.25) is 0 Å². The van der Waals surface area contributed by atoms with Crippen LogP contribution < -0.4 is 9.80 Å². The van der Waals surface area contributed by atoms with Gasteiger partial charge in [0.25, 0.3) is 0 Å². The maximum atomic E-state index is 7.60. The summed E-state index contributed by atoms with van der Waals surface area (Å²) >= 11 is 7.60. The molecule has 1 aliphatic heterocycles. The van der Waals surface area contributed by atoms with E-state index in [2.05, 4.69) is 186 Å². The number of hydrogen-bond acceptors (Lipinski definition) is 2. The summed E-state index contributed by atoms with van der Waals surface area (Å²) in [5, 5.41) is 0.682. The maximum absolute atomic E-state index is 7.60. The maximum Gasteiger partial charge on any atom is 0.0887 e. The van der Waals surface area contributed by atoms with Gasteiger partial charge in [0.1, 0.15) is 0 Å². The summed E-state index contributed by atoms with van der Waals surface area (Å²) in [5.74, 6) is 0. The lowest BCUT2D eigenvalue weighted by Crippen LogP contribution is -2.22. The fraction of sp³-hybridized carbons (Fsp3) is 0. The molecule has 0 atom stereocenters. The highest BCUT2D eigenvalue weighted by Gasteiger charge is 2.42. The monoisotopic (exact) mass is 630 g/mol. The first-order valence-electron chi connectivity index (χ1n) is 15.4. The fourth-order valence-corrected chi connectivity index (χ4v) is 11.1. The zero-order valence-electron chi connectivity index (χ0n) is 25.1. The van der Waals surface area contributed by atoms with Crippen molar-refractivity contribution in [2.45, 2.75) is 19.6 Å². The first kappa shape index (κ1) is 28.3. The van der Waals surface area contributed by atoms with Gasteiger partial charge in [-0.1, -0.05) is 115 Å². The van der Waals surface area contributed by atoms with E-state index in [4.69, 9.17) is 11.6 Å². The summed E-state index contributed by atoms with van der Waals surface area (Å²) < 4.78 is 0. The van der Waals surface area contributed by atoms with Crippen molar-refractivity contribution in [2.24, 2.45) is 0 Å². The molecular formula is C42H31ClN2S. The first-order valence-corrected chi connectivity index (χ1v) is 17.4. The minimum atomic E-state index is -1.84. The van der Waals surface area contributed by atoms with Crippen molar-refractivity contribution in [1.82, 2.24) is 0 Å². The summed E-state index contributed by atoms with van der Waals surface area (Å²) in [6.45, 7) is 0. The molecule has 0 bridgehead atoms. The second kappa shape index (κ2) is 11.9. The van der Waals surface area contributed by atoms with Crippen LogP contribution in [0.5, 0.6) is 0 Å². The number of fused-ring (bicyclic) bond motifs is 2. The lowest BCUT2D eigenvalue weighted by atomic mass is 10.1. The van der Waals surface area contributed by atoms with E-state index in [0.29, 0.717) is 5.02 Å². The van der Waals surface area contributed by atoms with Gasteiger partial charge in [-0.25, -0.2) is 0 Å². The topological polar surface area (TPSA) is 6.48 Å². The Balaban J connectivity index is 1.40. The van der Waals surface area contributed by atoms with E-state index in [9.17, 15) is 0 Å². The molecule has 7 aromatic carbocycles. The molecule has 0 unspecified atom stereocenters. The van der Waals surface area contributed by atoms with Crippen LogP contribution in [-0.4, -0.2) is 0 Å². The van der Waals surface area contributed by atoms with Gasteiger partial charge in [-0.05, 0) is 84.9 Å². The third-order valence-corrected chi connectivity index (χ3v) is 12.9. The molecule has 0 aromatic heterocycles. The van der Waals surface area contributed by atoms with Crippen LogP contribution in [0.2, 0.25) is 5.02 Å². The number of nitrogens with zero attached hydrogens (tertiary/aromatic N) is 2. The zero-order chi connectivity index (χ0) is 30.9. The molecule has 1 heterocycles. The summed E-state index contributed by atoms with van der Waals surface area (Å²) in [6.07, 6.45) is 0. The molecule has 0 fully saturated rings. The summed E-state index contributed by atoms with van der Waals surface area (Å²) in [6, 6.07) is 66.9. The molecule has 222 valence electrons. The number of benzene rings is 7. The van der Waals surface area contributed by atoms with E-state index in [-0.39, 0.29) is 0 Å². The van der Waals surface area contributed by atoms with Gasteiger partial charge >= 0.3 is 0 Å². The van der Waals surface area contributed by atoms with Gasteiger partial charge in [-0.3, -0.25) is 0 Å². The molecule has 0 aliphatic carbocycles. The first-order chi connectivity index (χ1) is 22.8. The highest BCUT2D eigenvalue weighted by Crippen LogP contribution is 2.79. The van der Waals surface area contributed by atoms with Crippen LogP contribution in [0.15, 0.2) is 208 Å². The van der Waals surface area contributed by atoms with Crippen LogP contribution in [0.1, 0.15) is 0 Å². The Bertz CT molecular complexity index is 1990. The highest BCUT2D eigenvalue weighted by atomic mass is 35.5. The van der Waals surface area contributed by atoms with Crippen LogP contribution >= 0.6 is 21.6 Å². The van der Waals surface area contributed by atoms with E-state index < -0.39 is 10.0 Å². The third-order valence-electron chi connectivity index (χ3n) is 8.53. The fourth-order valence-electron chi connectivity index (χ4n) is 6.64. The lowest BCUT2D eigenvalue weighted by Gasteiger charge is -2.50. The SMILES string of the molecule is Clc1c(N(c2ccccc2)c2ccccc2)cccc1N1c2ccccc2S(c2ccccc2)(c2ccccc2)c2ccccc21. The Kier molecular flexibility index (Phi) is 7.34. The molecule has 8 rings (SSSR count). The van der Waals surface area contributed by atoms with Crippen LogP contribution in [0.25, 0.3) is 0 Å². The molecule has 0 amide bonds. The molecule has 1 aliphatic rings. The quantitative estimate of drug-likeness (QED) is 0.180. The number of para-hydroxylation sites is 4. The number of halogens is 1. The molecule has 0 N–H and O–H groups in total. The largest absolute Gasteiger partial charge is 0.309 e. The van der Waals surface area contributed by atoms with Crippen molar-refractivity contribution < 1.29 is 0 Å². The minimum absolute atomic E-state index is 0.682. The van der Waals surface area contributed by atoms with Crippen molar-refractivity contribution >= 4 is 55.8 Å². The van der Waals surface area contributed by atoms with Crippen molar-refractivity contribution in [3.8, 4) is 0 Å². The molecule has 46 heavy (non-hydrogen) atoms. The molecule has 0 radical (unpaired) electrons. The van der Waals surface area contributed by atoms with E-state index in [1.807, 2.05) is 12.1 Å². The Labute approximate surface area is 277 Å². The lowest BCUT2D eigenvalue weighted by molar-refractivity contribution is 1.12. The van der Waals surface area contributed by atoms with Crippen molar-refractivity contribution in [1.29, 1.82) is 0 Å². The van der Waals surface area contributed by atoms with Crippen LogP contribution in [0, 0.1) is 0 Å². The zero-order valence-corrected chi connectivity index (χ0v) is 26.7. The average Bonchev–Trinajstić information content (AvgIpc) is 3.13. The van der Waals surface area contributed by atoms with Gasteiger partial charge in [0.05, 0.1) is 27.8 Å². The van der Waals surface area contributed by atoms with Crippen LogP contribution in [-0.2, 0) is 0 Å². The number of hydrogen-bond donors (Lipinski definition) is 0. The number of anilines is 6. The smallest absolute Gasteiger partial charge is 0.0887 e. The van der Waals surface area contributed by atoms with Gasteiger partial charge in [-0.15, -0.1) is 10.0 Å². The van der Waals surface area contributed by atoms with Gasteiger partial charge < -0.3 is 9.80 Å². The molecule has 2 nitrogen and oxygen atoms in total. The van der Waals surface area contributed by atoms with Crippen LogP contribution in [0.3, 0.4) is 0 Å². The average molecular weight is 631 g/mol. The van der Waals surface area contributed by atoms with Gasteiger partial charge in [0, 0.05) is 31.0 Å². The predicted molar refractivity (Wildman–Crippen MR) is 194 cm³/mol. The van der Waals surface area contributed by atoms with E-state index in [0.717, 1.165) is 34.1 Å². The Morgan fingerprint density at radius 1 is 0.391 bits per heavy atom.